The molecule has 1 atom stereocenters. The summed E-state index contributed by atoms with van der Waals surface area (Å²) in [7, 11) is 1.80. The molecule has 1 amide bonds. The van der Waals surface area contributed by atoms with Crippen molar-refractivity contribution in [2.24, 2.45) is 7.05 Å². The summed E-state index contributed by atoms with van der Waals surface area (Å²) < 4.78 is 7.21. The first kappa shape index (κ1) is 14.4. The number of carbonyl (C=O) groups excluding carboxylic acids is 1. The smallest absolute Gasteiger partial charge is 0.326 e. The van der Waals surface area contributed by atoms with Crippen molar-refractivity contribution in [3.8, 4) is 5.75 Å². The summed E-state index contributed by atoms with van der Waals surface area (Å²) in [6.45, 7) is 3.99. The molecule has 1 fully saturated rings. The molecule has 1 N–H and O–H groups in total. The molecular formula is C13H19N3O4. The second-order valence-corrected chi connectivity index (χ2v) is 5.00. The van der Waals surface area contributed by atoms with Gasteiger partial charge in [-0.15, -0.1) is 0 Å². The van der Waals surface area contributed by atoms with Gasteiger partial charge in [0.25, 0.3) is 5.91 Å². The van der Waals surface area contributed by atoms with Gasteiger partial charge in [-0.3, -0.25) is 9.48 Å². The Labute approximate surface area is 117 Å². The number of carboxylic acids is 1. The first-order chi connectivity index (χ1) is 9.41. The Bertz CT molecular complexity index is 538. The molecule has 0 bridgehead atoms. The predicted molar refractivity (Wildman–Crippen MR) is 70.5 cm³/mol. The molecule has 1 aliphatic rings. The molecule has 1 saturated heterocycles. The van der Waals surface area contributed by atoms with Gasteiger partial charge < -0.3 is 14.7 Å². The van der Waals surface area contributed by atoms with Crippen LogP contribution in [-0.2, 0) is 16.6 Å². The minimum Gasteiger partial charge on any atom is -0.480 e. The zero-order valence-corrected chi connectivity index (χ0v) is 11.9. The summed E-state index contributed by atoms with van der Waals surface area (Å²) in [5.74, 6) is -0.658. The highest BCUT2D eigenvalue weighted by molar-refractivity contribution is 5.85. The summed E-state index contributed by atoms with van der Waals surface area (Å²) in [6, 6.07) is -0.720. The number of likely N-dealkylation sites (tertiary alicyclic amines) is 1. The highest BCUT2D eigenvalue weighted by Crippen LogP contribution is 2.22. The number of carboxylic acid groups (broad SMARTS) is 1. The molecule has 7 nitrogen and oxygen atoms in total. The van der Waals surface area contributed by atoms with Crippen molar-refractivity contribution < 1.29 is 19.4 Å². The maximum absolute atomic E-state index is 12.1. The molecule has 0 spiro atoms. The van der Waals surface area contributed by atoms with Gasteiger partial charge in [-0.1, -0.05) is 0 Å². The molecule has 7 heteroatoms. The van der Waals surface area contributed by atoms with Gasteiger partial charge in [0.1, 0.15) is 11.7 Å². The Morgan fingerprint density at radius 1 is 1.45 bits per heavy atom. The van der Waals surface area contributed by atoms with E-state index in [1.807, 2.05) is 13.8 Å². The van der Waals surface area contributed by atoms with Crippen molar-refractivity contribution in [2.75, 3.05) is 13.2 Å². The lowest BCUT2D eigenvalue weighted by Crippen LogP contribution is -2.42. The van der Waals surface area contributed by atoms with Gasteiger partial charge in [0, 0.05) is 13.6 Å². The van der Waals surface area contributed by atoms with E-state index in [4.69, 9.17) is 9.84 Å². The Morgan fingerprint density at radius 3 is 2.70 bits per heavy atom. The predicted octanol–water partition coefficient (Wildman–Crippen LogP) is 0.491. The average Bonchev–Trinajstić information content (AvgIpc) is 2.95. The van der Waals surface area contributed by atoms with E-state index in [0.717, 1.165) is 5.69 Å². The minimum atomic E-state index is -0.954. The van der Waals surface area contributed by atoms with E-state index in [9.17, 15) is 9.59 Å². The number of carbonyl (C=O) groups is 2. The number of hydrogen-bond donors (Lipinski definition) is 1. The van der Waals surface area contributed by atoms with Gasteiger partial charge >= 0.3 is 5.97 Å². The van der Waals surface area contributed by atoms with Crippen LogP contribution < -0.4 is 4.74 Å². The number of aryl methyl sites for hydroxylation is 2. The molecule has 1 unspecified atom stereocenters. The number of nitrogens with zero attached hydrogens (tertiary/aromatic N) is 3. The van der Waals surface area contributed by atoms with Crippen molar-refractivity contribution in [2.45, 2.75) is 32.7 Å². The molecular weight excluding hydrogens is 262 g/mol. The van der Waals surface area contributed by atoms with Crippen LogP contribution in [-0.4, -0.2) is 50.9 Å². The third-order valence-electron chi connectivity index (χ3n) is 3.64. The molecule has 110 valence electrons. The third-order valence-corrected chi connectivity index (χ3v) is 3.64. The maximum Gasteiger partial charge on any atom is 0.326 e. The van der Waals surface area contributed by atoms with E-state index in [0.29, 0.717) is 30.8 Å². The zero-order chi connectivity index (χ0) is 14.9. The van der Waals surface area contributed by atoms with Crippen LogP contribution in [0.25, 0.3) is 0 Å². The van der Waals surface area contributed by atoms with Crippen molar-refractivity contribution >= 4 is 11.9 Å². The summed E-state index contributed by atoms with van der Waals surface area (Å²) in [5.41, 5.74) is 1.56. The van der Waals surface area contributed by atoms with Gasteiger partial charge in [0.15, 0.2) is 12.4 Å². The normalized spacial score (nSPS) is 18.4. The van der Waals surface area contributed by atoms with Crippen molar-refractivity contribution in [3.63, 3.8) is 0 Å². The highest BCUT2D eigenvalue weighted by atomic mass is 16.5. The lowest BCUT2D eigenvalue weighted by atomic mass is 10.2. The Morgan fingerprint density at radius 2 is 2.15 bits per heavy atom. The number of aliphatic carboxylic acids is 1. The molecule has 2 rings (SSSR count). The first-order valence-corrected chi connectivity index (χ1v) is 6.57. The molecule has 1 aromatic heterocycles. The van der Waals surface area contributed by atoms with Crippen molar-refractivity contribution in [3.05, 3.63) is 11.4 Å². The van der Waals surface area contributed by atoms with Crippen LogP contribution in [0.3, 0.4) is 0 Å². The number of ether oxygens (including phenoxy) is 1. The van der Waals surface area contributed by atoms with Crippen LogP contribution in [0.4, 0.5) is 0 Å². The molecule has 1 aliphatic heterocycles. The zero-order valence-electron chi connectivity index (χ0n) is 11.9. The van der Waals surface area contributed by atoms with E-state index < -0.39 is 12.0 Å². The van der Waals surface area contributed by atoms with Crippen LogP contribution in [0.5, 0.6) is 5.75 Å². The van der Waals surface area contributed by atoms with Crippen LogP contribution >= 0.6 is 0 Å². The molecule has 0 saturated carbocycles. The van der Waals surface area contributed by atoms with Crippen LogP contribution in [0.1, 0.15) is 24.2 Å². The number of amides is 1. The standard InChI is InChI=1S/C13H19N3O4/c1-8-12(9(2)15(3)14-8)20-7-11(17)16-6-4-5-10(16)13(18)19/h10H,4-7H2,1-3H3,(H,18,19). The van der Waals surface area contributed by atoms with Crippen LogP contribution in [0.2, 0.25) is 0 Å². The van der Waals surface area contributed by atoms with Gasteiger partial charge in [-0.2, -0.15) is 5.10 Å². The van der Waals surface area contributed by atoms with E-state index in [2.05, 4.69) is 5.10 Å². The Balaban J connectivity index is 2.00. The SMILES string of the molecule is Cc1nn(C)c(C)c1OCC(=O)N1CCCC1C(=O)O. The van der Waals surface area contributed by atoms with E-state index >= 15 is 0 Å². The molecule has 0 radical (unpaired) electrons. The van der Waals surface area contributed by atoms with Gasteiger partial charge in [-0.25, -0.2) is 4.79 Å². The second-order valence-electron chi connectivity index (χ2n) is 5.00. The maximum atomic E-state index is 12.1. The molecule has 1 aromatic rings. The average molecular weight is 281 g/mol. The lowest BCUT2D eigenvalue weighted by molar-refractivity contribution is -0.149. The minimum absolute atomic E-state index is 0.156. The first-order valence-electron chi connectivity index (χ1n) is 6.57. The topological polar surface area (TPSA) is 84.7 Å². The van der Waals surface area contributed by atoms with Crippen molar-refractivity contribution in [1.82, 2.24) is 14.7 Å². The fourth-order valence-electron chi connectivity index (χ4n) is 2.50. The summed E-state index contributed by atoms with van der Waals surface area (Å²) in [4.78, 5) is 24.5. The number of rotatable bonds is 4. The largest absolute Gasteiger partial charge is 0.480 e. The Hall–Kier alpha value is -2.05. The van der Waals surface area contributed by atoms with Gasteiger partial charge in [-0.05, 0) is 26.7 Å². The number of aromatic nitrogens is 2. The molecule has 0 aromatic carbocycles. The summed E-state index contributed by atoms with van der Waals surface area (Å²) in [5, 5.41) is 13.3. The highest BCUT2D eigenvalue weighted by Gasteiger charge is 2.34. The van der Waals surface area contributed by atoms with E-state index in [-0.39, 0.29) is 12.5 Å². The van der Waals surface area contributed by atoms with Gasteiger partial charge in [0.05, 0.1) is 5.69 Å². The van der Waals surface area contributed by atoms with Crippen LogP contribution in [0, 0.1) is 13.8 Å². The monoisotopic (exact) mass is 281 g/mol. The summed E-state index contributed by atoms with van der Waals surface area (Å²) in [6.07, 6.45) is 1.22. The fraction of sp³-hybridized carbons (Fsp3) is 0.615. The Kier molecular flexibility index (Phi) is 3.96. The second kappa shape index (κ2) is 5.52. The fourth-order valence-corrected chi connectivity index (χ4v) is 2.50. The van der Waals surface area contributed by atoms with E-state index in [1.165, 1.54) is 4.90 Å². The molecule has 2 heterocycles. The third kappa shape index (κ3) is 2.61. The molecule has 20 heavy (non-hydrogen) atoms. The van der Waals surface area contributed by atoms with Crippen molar-refractivity contribution in [1.29, 1.82) is 0 Å². The number of hydrogen-bond acceptors (Lipinski definition) is 4. The van der Waals surface area contributed by atoms with E-state index in [1.54, 1.807) is 11.7 Å². The van der Waals surface area contributed by atoms with Gasteiger partial charge in [0.2, 0.25) is 0 Å². The lowest BCUT2D eigenvalue weighted by Gasteiger charge is -2.21. The van der Waals surface area contributed by atoms with Crippen LogP contribution in [0.15, 0.2) is 0 Å². The molecule has 0 aliphatic carbocycles. The summed E-state index contributed by atoms with van der Waals surface area (Å²) >= 11 is 0. The quantitative estimate of drug-likeness (QED) is 0.868.